The summed E-state index contributed by atoms with van der Waals surface area (Å²) >= 11 is 0. The van der Waals surface area contributed by atoms with E-state index in [0.29, 0.717) is 0 Å². The maximum Gasteiger partial charge on any atom is 0.143 e. The summed E-state index contributed by atoms with van der Waals surface area (Å²) in [4.78, 5) is 2.50. The van der Waals surface area contributed by atoms with Crippen LogP contribution < -0.4 is 4.90 Å². The van der Waals surface area contributed by atoms with E-state index >= 15 is 0 Å². The van der Waals surface area contributed by atoms with E-state index in [1.54, 1.807) is 0 Å². The van der Waals surface area contributed by atoms with Crippen LogP contribution in [0.3, 0.4) is 0 Å². The summed E-state index contributed by atoms with van der Waals surface area (Å²) in [5.41, 5.74) is 16.3. The smallest absolute Gasteiger partial charge is 0.143 e. The largest absolute Gasteiger partial charge is 0.455 e. The van der Waals surface area contributed by atoms with Gasteiger partial charge in [0, 0.05) is 27.7 Å². The molecule has 270 valence electrons. The normalized spacial score (nSPS) is 15.3. The van der Waals surface area contributed by atoms with Crippen molar-refractivity contribution in [3.05, 3.63) is 246 Å². The number of fused-ring (bicyclic) bond motifs is 6. The second-order valence-electron chi connectivity index (χ2n) is 15.1. The molecule has 0 N–H and O–H groups in total. The van der Waals surface area contributed by atoms with Gasteiger partial charge in [-0.15, -0.1) is 0 Å². The van der Waals surface area contributed by atoms with Gasteiger partial charge in [0.1, 0.15) is 11.2 Å². The molecule has 11 rings (SSSR count). The van der Waals surface area contributed by atoms with E-state index in [-0.39, 0.29) is 6.04 Å². The van der Waals surface area contributed by atoms with Crippen molar-refractivity contribution >= 4 is 38.9 Å². The summed E-state index contributed by atoms with van der Waals surface area (Å²) in [7, 11) is 0. The van der Waals surface area contributed by atoms with Crippen LogP contribution in [0, 0.1) is 0 Å². The first-order valence-electron chi connectivity index (χ1n) is 19.9. The van der Waals surface area contributed by atoms with Gasteiger partial charge in [0.05, 0.1) is 11.5 Å². The van der Waals surface area contributed by atoms with E-state index in [1.807, 2.05) is 6.07 Å². The molecule has 8 aromatic carbocycles. The number of benzene rings is 8. The lowest BCUT2D eigenvalue weighted by Crippen LogP contribution is -2.31. The Morgan fingerprint density at radius 2 is 1.00 bits per heavy atom. The van der Waals surface area contributed by atoms with Gasteiger partial charge in [0.2, 0.25) is 0 Å². The lowest BCUT2D eigenvalue weighted by Gasteiger charge is -2.36. The van der Waals surface area contributed by atoms with Crippen LogP contribution in [0.5, 0.6) is 0 Å². The number of nitrogens with zero attached hydrogens (tertiary/aromatic N) is 1. The van der Waals surface area contributed by atoms with Gasteiger partial charge in [0.25, 0.3) is 0 Å². The summed E-state index contributed by atoms with van der Waals surface area (Å²) in [5.74, 6) is 0. The van der Waals surface area contributed by atoms with Crippen LogP contribution in [0.25, 0.3) is 49.8 Å². The molecule has 0 aliphatic heterocycles. The highest BCUT2D eigenvalue weighted by Crippen LogP contribution is 2.56. The third kappa shape index (κ3) is 5.33. The fourth-order valence-electron chi connectivity index (χ4n) is 9.54. The summed E-state index contributed by atoms with van der Waals surface area (Å²) in [6.07, 6.45) is 7.87. The third-order valence-corrected chi connectivity index (χ3v) is 12.1. The second kappa shape index (κ2) is 13.5. The molecule has 2 nitrogen and oxygen atoms in total. The van der Waals surface area contributed by atoms with Crippen molar-refractivity contribution in [3.63, 3.8) is 0 Å². The summed E-state index contributed by atoms with van der Waals surface area (Å²) in [6.45, 7) is 0. The van der Waals surface area contributed by atoms with E-state index in [0.717, 1.165) is 45.3 Å². The topological polar surface area (TPSA) is 16.4 Å². The monoisotopic (exact) mass is 729 g/mol. The zero-order valence-corrected chi connectivity index (χ0v) is 31.4. The van der Waals surface area contributed by atoms with Crippen LogP contribution in [-0.2, 0) is 5.41 Å². The SMILES string of the molecule is C1=CC(N(c2ccc(-c3ccccc3)cc2)c2ccc(C3(c4ccccc4)c4ccccc4-c4ccccc43)cc2)CC=C1c1cccc2c1oc1ccccc12. The first-order chi connectivity index (χ1) is 28.3. The maximum atomic E-state index is 6.45. The number of para-hydroxylation sites is 2. The highest BCUT2D eigenvalue weighted by molar-refractivity contribution is 6.08. The molecule has 0 saturated carbocycles. The molecule has 9 aromatic rings. The van der Waals surface area contributed by atoms with Gasteiger partial charge in [-0.2, -0.15) is 0 Å². The average molecular weight is 730 g/mol. The van der Waals surface area contributed by atoms with Gasteiger partial charge in [-0.25, -0.2) is 0 Å². The quantitative estimate of drug-likeness (QED) is 0.162. The van der Waals surface area contributed by atoms with Crippen molar-refractivity contribution in [2.75, 3.05) is 4.90 Å². The molecule has 57 heavy (non-hydrogen) atoms. The molecule has 0 saturated heterocycles. The molecule has 1 atom stereocenters. The Morgan fingerprint density at radius 1 is 0.456 bits per heavy atom. The van der Waals surface area contributed by atoms with Crippen LogP contribution in [0.15, 0.2) is 223 Å². The van der Waals surface area contributed by atoms with E-state index in [2.05, 4.69) is 217 Å². The number of hydrogen-bond donors (Lipinski definition) is 0. The molecule has 0 bridgehead atoms. The minimum Gasteiger partial charge on any atom is -0.455 e. The minimum absolute atomic E-state index is 0.105. The molecule has 2 aliphatic rings. The Labute approximate surface area is 333 Å². The van der Waals surface area contributed by atoms with Crippen molar-refractivity contribution in [3.8, 4) is 22.3 Å². The molecule has 1 unspecified atom stereocenters. The van der Waals surface area contributed by atoms with Crippen molar-refractivity contribution in [2.45, 2.75) is 17.9 Å². The highest BCUT2D eigenvalue weighted by atomic mass is 16.3. The fraction of sp³-hybridized carbons (Fsp3) is 0.0545. The Bertz CT molecular complexity index is 2930. The van der Waals surface area contributed by atoms with E-state index in [1.165, 1.54) is 50.1 Å². The molecule has 0 spiro atoms. The molecular weight excluding hydrogens is 691 g/mol. The van der Waals surface area contributed by atoms with Crippen molar-refractivity contribution < 1.29 is 4.42 Å². The van der Waals surface area contributed by atoms with Gasteiger partial charge in [-0.1, -0.05) is 188 Å². The van der Waals surface area contributed by atoms with Crippen molar-refractivity contribution in [2.24, 2.45) is 0 Å². The van der Waals surface area contributed by atoms with Crippen LogP contribution in [0.2, 0.25) is 0 Å². The molecule has 1 aromatic heterocycles. The number of allylic oxidation sites excluding steroid dienone is 2. The van der Waals surface area contributed by atoms with Crippen LogP contribution in [0.1, 0.15) is 34.2 Å². The molecule has 0 fully saturated rings. The Hall–Kier alpha value is -7.16. The lowest BCUT2D eigenvalue weighted by atomic mass is 9.67. The molecule has 2 aliphatic carbocycles. The third-order valence-electron chi connectivity index (χ3n) is 12.1. The van der Waals surface area contributed by atoms with Gasteiger partial charge in [0.15, 0.2) is 0 Å². The molecular formula is C55H39NO. The van der Waals surface area contributed by atoms with Crippen molar-refractivity contribution in [1.82, 2.24) is 0 Å². The van der Waals surface area contributed by atoms with Crippen molar-refractivity contribution in [1.29, 1.82) is 0 Å². The summed E-state index contributed by atoms with van der Waals surface area (Å²) < 4.78 is 6.45. The van der Waals surface area contributed by atoms with Gasteiger partial charge >= 0.3 is 0 Å². The Morgan fingerprint density at radius 3 is 1.68 bits per heavy atom. The molecule has 2 heteroatoms. The minimum atomic E-state index is -0.435. The lowest BCUT2D eigenvalue weighted by molar-refractivity contribution is 0.667. The van der Waals surface area contributed by atoms with Crippen LogP contribution in [0.4, 0.5) is 11.4 Å². The molecule has 0 radical (unpaired) electrons. The van der Waals surface area contributed by atoms with Crippen LogP contribution >= 0.6 is 0 Å². The van der Waals surface area contributed by atoms with E-state index in [4.69, 9.17) is 4.42 Å². The second-order valence-corrected chi connectivity index (χ2v) is 15.1. The summed E-state index contributed by atoms with van der Waals surface area (Å²) in [6, 6.07) is 72.9. The summed E-state index contributed by atoms with van der Waals surface area (Å²) in [5, 5.41) is 2.31. The predicted molar refractivity (Wildman–Crippen MR) is 237 cm³/mol. The number of anilines is 2. The average Bonchev–Trinajstić information content (AvgIpc) is 3.82. The first-order valence-corrected chi connectivity index (χ1v) is 19.9. The van der Waals surface area contributed by atoms with Crippen LogP contribution in [-0.4, -0.2) is 6.04 Å². The highest BCUT2D eigenvalue weighted by Gasteiger charge is 2.45. The van der Waals surface area contributed by atoms with Gasteiger partial charge in [-0.3, -0.25) is 0 Å². The fourth-order valence-corrected chi connectivity index (χ4v) is 9.54. The number of hydrogen-bond acceptors (Lipinski definition) is 2. The maximum absolute atomic E-state index is 6.45. The zero-order chi connectivity index (χ0) is 37.8. The standard InChI is InChI=1S/C55H39NO/c1-3-14-38(15-4-1)39-26-32-43(33-27-39)56(44-34-28-40(29-35-44)46-21-13-22-50-49-20-9-12-25-53(49)57-54(46)50)45-36-30-42(31-37-45)55(41-16-5-2-6-17-41)51-23-10-7-18-47(51)48-19-8-11-24-52(48)55/h1-34,36-37,44H,35H2. The zero-order valence-electron chi connectivity index (χ0n) is 31.4. The first kappa shape index (κ1) is 33.2. The Balaban J connectivity index is 1.01. The van der Waals surface area contributed by atoms with E-state index in [9.17, 15) is 0 Å². The number of rotatable bonds is 7. The van der Waals surface area contributed by atoms with Gasteiger partial charge < -0.3 is 9.32 Å². The molecule has 0 amide bonds. The predicted octanol–water partition coefficient (Wildman–Crippen LogP) is 14.2. The van der Waals surface area contributed by atoms with E-state index < -0.39 is 5.41 Å². The number of furan rings is 1. The molecule has 1 heterocycles. The van der Waals surface area contributed by atoms with Gasteiger partial charge in [-0.05, 0) is 86.8 Å². The Kier molecular flexibility index (Phi) is 7.89.